The molecule has 4 nitrogen and oxygen atoms in total. The Morgan fingerprint density at radius 3 is 2.43 bits per heavy atom. The molecule has 0 amide bonds. The highest BCUT2D eigenvalue weighted by molar-refractivity contribution is 7.92. The van der Waals surface area contributed by atoms with E-state index >= 15 is 0 Å². The average molecular weight is 308 g/mol. The van der Waals surface area contributed by atoms with E-state index in [0.717, 1.165) is 11.1 Å². The van der Waals surface area contributed by atoms with Gasteiger partial charge in [-0.25, -0.2) is 12.8 Å². The minimum Gasteiger partial charge on any atom is -0.326 e. The number of anilines is 1. The molecule has 0 aliphatic heterocycles. The quantitative estimate of drug-likeness (QED) is 0.912. The normalized spacial score (nSPS) is 11.4. The van der Waals surface area contributed by atoms with Crippen molar-refractivity contribution >= 4 is 15.7 Å². The second-order valence-corrected chi connectivity index (χ2v) is 6.54. The van der Waals surface area contributed by atoms with Gasteiger partial charge in [0.1, 0.15) is 5.82 Å². The van der Waals surface area contributed by atoms with Crippen LogP contribution in [0.1, 0.15) is 16.7 Å². The first-order valence-electron chi connectivity index (χ1n) is 6.42. The molecule has 0 saturated carbocycles. The Morgan fingerprint density at radius 1 is 1.10 bits per heavy atom. The average Bonchev–Trinajstić information content (AvgIpc) is 2.42. The number of aryl methyl sites for hydroxylation is 2. The van der Waals surface area contributed by atoms with E-state index in [9.17, 15) is 12.8 Å². The molecule has 0 atom stereocenters. The van der Waals surface area contributed by atoms with Crippen LogP contribution in [0.25, 0.3) is 0 Å². The van der Waals surface area contributed by atoms with Crippen LogP contribution in [0.4, 0.5) is 10.1 Å². The number of hydrogen-bond donors (Lipinski definition) is 2. The summed E-state index contributed by atoms with van der Waals surface area (Å²) >= 11 is 0. The van der Waals surface area contributed by atoms with Crippen LogP contribution in [0.3, 0.4) is 0 Å². The van der Waals surface area contributed by atoms with Crippen molar-refractivity contribution in [1.82, 2.24) is 0 Å². The number of sulfonamides is 1. The topological polar surface area (TPSA) is 72.2 Å². The van der Waals surface area contributed by atoms with Gasteiger partial charge in [-0.1, -0.05) is 6.07 Å². The highest BCUT2D eigenvalue weighted by atomic mass is 32.2. The Labute approximate surface area is 123 Å². The summed E-state index contributed by atoms with van der Waals surface area (Å²) in [6.07, 6.45) is 0. The van der Waals surface area contributed by atoms with E-state index in [-0.39, 0.29) is 11.4 Å². The summed E-state index contributed by atoms with van der Waals surface area (Å²) in [5.74, 6) is -0.406. The molecule has 6 heteroatoms. The van der Waals surface area contributed by atoms with Gasteiger partial charge in [0.05, 0.1) is 10.6 Å². The molecule has 0 saturated heterocycles. The SMILES string of the molecule is Cc1ccc(S(=O)(=O)Nc2ccc(F)cc2C)cc1CN. The summed E-state index contributed by atoms with van der Waals surface area (Å²) in [7, 11) is -3.73. The van der Waals surface area contributed by atoms with Gasteiger partial charge in [-0.05, 0) is 60.9 Å². The molecule has 0 heterocycles. The van der Waals surface area contributed by atoms with Gasteiger partial charge in [0.2, 0.25) is 0 Å². The van der Waals surface area contributed by atoms with Crippen molar-refractivity contribution in [3.8, 4) is 0 Å². The van der Waals surface area contributed by atoms with Gasteiger partial charge in [-0.2, -0.15) is 0 Å². The van der Waals surface area contributed by atoms with Crippen LogP contribution in [0.2, 0.25) is 0 Å². The maximum Gasteiger partial charge on any atom is 0.261 e. The lowest BCUT2D eigenvalue weighted by molar-refractivity contribution is 0.600. The van der Waals surface area contributed by atoms with Crippen molar-refractivity contribution in [2.75, 3.05) is 4.72 Å². The monoisotopic (exact) mass is 308 g/mol. The van der Waals surface area contributed by atoms with Crippen molar-refractivity contribution in [2.24, 2.45) is 5.73 Å². The zero-order valence-corrected chi connectivity index (χ0v) is 12.7. The minimum absolute atomic E-state index is 0.136. The van der Waals surface area contributed by atoms with Gasteiger partial charge in [0.25, 0.3) is 10.0 Å². The molecule has 2 rings (SSSR count). The molecule has 0 spiro atoms. The lowest BCUT2D eigenvalue weighted by atomic mass is 10.1. The van der Waals surface area contributed by atoms with Gasteiger partial charge in [0.15, 0.2) is 0 Å². The second kappa shape index (κ2) is 5.83. The first-order chi connectivity index (χ1) is 9.83. The number of hydrogen-bond acceptors (Lipinski definition) is 3. The Kier molecular flexibility index (Phi) is 4.29. The summed E-state index contributed by atoms with van der Waals surface area (Å²) in [4.78, 5) is 0.136. The highest BCUT2D eigenvalue weighted by Crippen LogP contribution is 2.22. The maximum absolute atomic E-state index is 13.1. The minimum atomic E-state index is -3.73. The van der Waals surface area contributed by atoms with E-state index in [1.165, 1.54) is 24.3 Å². The van der Waals surface area contributed by atoms with Crippen LogP contribution in [-0.4, -0.2) is 8.42 Å². The first-order valence-corrected chi connectivity index (χ1v) is 7.90. The van der Waals surface area contributed by atoms with E-state index in [0.29, 0.717) is 11.3 Å². The third-order valence-electron chi connectivity index (χ3n) is 3.28. The first kappa shape index (κ1) is 15.5. The molecule has 2 aromatic rings. The van der Waals surface area contributed by atoms with E-state index in [2.05, 4.69) is 4.72 Å². The summed E-state index contributed by atoms with van der Waals surface area (Å²) in [5.41, 5.74) is 8.18. The molecular formula is C15H17FN2O2S. The second-order valence-electron chi connectivity index (χ2n) is 4.86. The molecule has 112 valence electrons. The fourth-order valence-electron chi connectivity index (χ4n) is 1.98. The Bertz CT molecular complexity index is 773. The smallest absolute Gasteiger partial charge is 0.261 e. The molecule has 2 aromatic carbocycles. The van der Waals surface area contributed by atoms with Gasteiger partial charge in [0, 0.05) is 6.54 Å². The standard InChI is InChI=1S/C15H17FN2O2S/c1-10-3-5-14(8-12(10)9-17)21(19,20)18-15-6-4-13(16)7-11(15)2/h3-8,18H,9,17H2,1-2H3. The molecule has 0 aromatic heterocycles. The lowest BCUT2D eigenvalue weighted by Crippen LogP contribution is -2.14. The Balaban J connectivity index is 2.38. The highest BCUT2D eigenvalue weighted by Gasteiger charge is 2.16. The molecule has 0 aliphatic rings. The van der Waals surface area contributed by atoms with Crippen molar-refractivity contribution in [2.45, 2.75) is 25.3 Å². The molecule has 0 bridgehead atoms. The predicted molar refractivity (Wildman–Crippen MR) is 81.0 cm³/mol. The zero-order chi connectivity index (χ0) is 15.6. The van der Waals surface area contributed by atoms with Crippen molar-refractivity contribution < 1.29 is 12.8 Å². The Hall–Kier alpha value is -1.92. The van der Waals surface area contributed by atoms with Gasteiger partial charge in [-0.15, -0.1) is 0 Å². The van der Waals surface area contributed by atoms with E-state index in [1.807, 2.05) is 6.92 Å². The third-order valence-corrected chi connectivity index (χ3v) is 4.65. The fourth-order valence-corrected chi connectivity index (χ4v) is 3.16. The zero-order valence-electron chi connectivity index (χ0n) is 11.9. The summed E-state index contributed by atoms with van der Waals surface area (Å²) < 4.78 is 40.3. The van der Waals surface area contributed by atoms with Crippen LogP contribution < -0.4 is 10.5 Å². The molecule has 21 heavy (non-hydrogen) atoms. The number of rotatable bonds is 4. The van der Waals surface area contributed by atoms with Gasteiger partial charge < -0.3 is 5.73 Å². The predicted octanol–water partition coefficient (Wildman–Crippen LogP) is 2.70. The Morgan fingerprint density at radius 2 is 1.81 bits per heavy atom. The number of halogens is 1. The summed E-state index contributed by atoms with van der Waals surface area (Å²) in [6.45, 7) is 3.78. The molecule has 0 aliphatic carbocycles. The van der Waals surface area contributed by atoms with E-state index in [1.54, 1.807) is 19.1 Å². The van der Waals surface area contributed by atoms with E-state index < -0.39 is 15.8 Å². The molecule has 0 radical (unpaired) electrons. The maximum atomic E-state index is 13.1. The third kappa shape index (κ3) is 3.40. The van der Waals surface area contributed by atoms with Crippen LogP contribution in [0.5, 0.6) is 0 Å². The number of benzene rings is 2. The molecule has 0 unspecified atom stereocenters. The largest absolute Gasteiger partial charge is 0.326 e. The van der Waals surface area contributed by atoms with Crippen molar-refractivity contribution in [1.29, 1.82) is 0 Å². The molecule has 3 N–H and O–H groups in total. The van der Waals surface area contributed by atoms with Crippen LogP contribution >= 0.6 is 0 Å². The van der Waals surface area contributed by atoms with Crippen LogP contribution in [-0.2, 0) is 16.6 Å². The lowest BCUT2D eigenvalue weighted by Gasteiger charge is -2.12. The van der Waals surface area contributed by atoms with Gasteiger partial charge in [-0.3, -0.25) is 4.72 Å². The number of nitrogens with one attached hydrogen (secondary N) is 1. The van der Waals surface area contributed by atoms with E-state index in [4.69, 9.17) is 5.73 Å². The molecular weight excluding hydrogens is 291 g/mol. The van der Waals surface area contributed by atoms with Crippen LogP contribution in [0, 0.1) is 19.7 Å². The fraction of sp³-hybridized carbons (Fsp3) is 0.200. The van der Waals surface area contributed by atoms with Gasteiger partial charge >= 0.3 is 0 Å². The van der Waals surface area contributed by atoms with Crippen molar-refractivity contribution in [3.05, 3.63) is 58.9 Å². The molecule has 0 fully saturated rings. The number of nitrogens with two attached hydrogens (primary N) is 1. The summed E-state index contributed by atoms with van der Waals surface area (Å²) in [5, 5.41) is 0. The summed E-state index contributed by atoms with van der Waals surface area (Å²) in [6, 6.07) is 8.68. The van der Waals surface area contributed by atoms with Crippen molar-refractivity contribution in [3.63, 3.8) is 0 Å². The van der Waals surface area contributed by atoms with Crippen LogP contribution in [0.15, 0.2) is 41.3 Å².